The Morgan fingerprint density at radius 1 is 1.28 bits per heavy atom. The Morgan fingerprint density at radius 3 is 2.94 bits per heavy atom. The van der Waals surface area contributed by atoms with Gasteiger partial charge in [-0.25, -0.2) is 4.98 Å². The molecule has 1 aliphatic rings. The lowest BCUT2D eigenvalue weighted by molar-refractivity contribution is 0.101. The van der Waals surface area contributed by atoms with E-state index in [1.54, 1.807) is 6.92 Å². The molecule has 0 atom stereocenters. The van der Waals surface area contributed by atoms with Gasteiger partial charge in [-0.2, -0.15) is 0 Å². The maximum absolute atomic E-state index is 11.4. The van der Waals surface area contributed by atoms with Crippen molar-refractivity contribution >= 4 is 5.78 Å². The normalized spacial score (nSPS) is 14.3. The Bertz CT molecular complexity index is 598. The predicted octanol–water partition coefficient (Wildman–Crippen LogP) is 2.95. The highest BCUT2D eigenvalue weighted by molar-refractivity contribution is 5.94. The lowest BCUT2D eigenvalue weighted by Gasteiger charge is -2.14. The fraction of sp³-hybridized carbons (Fsp3) is 0.333. The zero-order chi connectivity index (χ0) is 12.5. The lowest BCUT2D eigenvalue weighted by atomic mass is 10.0. The van der Waals surface area contributed by atoms with Gasteiger partial charge in [0.25, 0.3) is 0 Å². The van der Waals surface area contributed by atoms with E-state index in [0.717, 1.165) is 24.1 Å². The number of carbonyl (C=O) groups is 1. The molecule has 0 amide bonds. The number of hydrogen-bond donors (Lipinski definition) is 0. The summed E-state index contributed by atoms with van der Waals surface area (Å²) in [7, 11) is 0. The summed E-state index contributed by atoms with van der Waals surface area (Å²) in [5, 5.41) is 0. The number of benzene rings is 1. The van der Waals surface area contributed by atoms with Crippen molar-refractivity contribution < 1.29 is 4.79 Å². The number of imidazole rings is 1. The molecule has 1 aliphatic carbocycles. The van der Waals surface area contributed by atoms with Gasteiger partial charge in [0, 0.05) is 16.9 Å². The highest BCUT2D eigenvalue weighted by Gasteiger charge is 2.16. The monoisotopic (exact) mass is 240 g/mol. The van der Waals surface area contributed by atoms with Gasteiger partial charge in [0.15, 0.2) is 5.78 Å². The Hall–Kier alpha value is -1.90. The van der Waals surface area contributed by atoms with Crippen LogP contribution in [0.25, 0.3) is 5.69 Å². The van der Waals surface area contributed by atoms with Crippen molar-refractivity contribution in [2.45, 2.75) is 32.6 Å². The van der Waals surface area contributed by atoms with Gasteiger partial charge in [0.05, 0.1) is 12.0 Å². The molecule has 0 radical (unpaired) electrons. The van der Waals surface area contributed by atoms with Crippen molar-refractivity contribution in [3.05, 3.63) is 47.5 Å². The van der Waals surface area contributed by atoms with E-state index in [2.05, 4.69) is 9.55 Å². The molecule has 18 heavy (non-hydrogen) atoms. The molecule has 1 aromatic heterocycles. The van der Waals surface area contributed by atoms with Crippen LogP contribution in [0, 0.1) is 0 Å². The molecule has 0 N–H and O–H groups in total. The number of rotatable bonds is 2. The van der Waals surface area contributed by atoms with E-state index in [1.165, 1.54) is 24.2 Å². The molecule has 0 spiro atoms. The van der Waals surface area contributed by atoms with Crippen LogP contribution in [0.3, 0.4) is 0 Å². The van der Waals surface area contributed by atoms with E-state index < -0.39 is 0 Å². The third kappa shape index (κ3) is 1.86. The molecule has 3 rings (SSSR count). The molecule has 92 valence electrons. The zero-order valence-electron chi connectivity index (χ0n) is 10.5. The number of ketones is 1. The largest absolute Gasteiger partial charge is 0.303 e. The molecule has 0 saturated carbocycles. The number of aromatic nitrogens is 2. The molecular weight excluding hydrogens is 224 g/mol. The van der Waals surface area contributed by atoms with Gasteiger partial charge < -0.3 is 4.57 Å². The summed E-state index contributed by atoms with van der Waals surface area (Å²) in [5.41, 5.74) is 4.32. The molecule has 3 heteroatoms. The third-order valence-corrected chi connectivity index (χ3v) is 3.56. The number of hydrogen-bond acceptors (Lipinski definition) is 2. The maximum atomic E-state index is 11.4. The first kappa shape index (κ1) is 11.2. The first-order valence-corrected chi connectivity index (χ1v) is 6.42. The Morgan fingerprint density at radius 2 is 2.11 bits per heavy atom. The van der Waals surface area contributed by atoms with Gasteiger partial charge in [-0.3, -0.25) is 4.79 Å². The SMILES string of the molecule is CC(=O)c1cccc(-n2cnc3c2CCCC3)c1. The van der Waals surface area contributed by atoms with E-state index in [1.807, 2.05) is 30.6 Å². The molecule has 1 aromatic carbocycles. The third-order valence-electron chi connectivity index (χ3n) is 3.56. The second-order valence-corrected chi connectivity index (χ2v) is 4.82. The smallest absolute Gasteiger partial charge is 0.159 e. The van der Waals surface area contributed by atoms with E-state index in [0.29, 0.717) is 0 Å². The molecular formula is C15H16N2O. The molecule has 0 saturated heterocycles. The summed E-state index contributed by atoms with van der Waals surface area (Å²) in [4.78, 5) is 15.9. The number of carbonyl (C=O) groups excluding carboxylic acids is 1. The van der Waals surface area contributed by atoms with Crippen molar-refractivity contribution in [2.24, 2.45) is 0 Å². The lowest BCUT2D eigenvalue weighted by Crippen LogP contribution is -2.07. The second-order valence-electron chi connectivity index (χ2n) is 4.82. The highest BCUT2D eigenvalue weighted by atomic mass is 16.1. The minimum Gasteiger partial charge on any atom is -0.303 e. The fourth-order valence-electron chi connectivity index (χ4n) is 2.57. The van der Waals surface area contributed by atoms with E-state index in [4.69, 9.17) is 0 Å². The quantitative estimate of drug-likeness (QED) is 0.756. The van der Waals surface area contributed by atoms with Crippen LogP contribution in [0.15, 0.2) is 30.6 Å². The molecule has 1 heterocycles. The van der Waals surface area contributed by atoms with Gasteiger partial charge >= 0.3 is 0 Å². The van der Waals surface area contributed by atoms with Crippen molar-refractivity contribution in [1.82, 2.24) is 9.55 Å². The van der Waals surface area contributed by atoms with Crippen LogP contribution in [-0.2, 0) is 12.8 Å². The molecule has 0 unspecified atom stereocenters. The Labute approximate surface area is 106 Å². The van der Waals surface area contributed by atoms with Crippen molar-refractivity contribution in [2.75, 3.05) is 0 Å². The van der Waals surface area contributed by atoms with E-state index in [9.17, 15) is 4.79 Å². The average Bonchev–Trinajstić information content (AvgIpc) is 2.82. The van der Waals surface area contributed by atoms with Crippen molar-refractivity contribution in [1.29, 1.82) is 0 Å². The summed E-state index contributed by atoms with van der Waals surface area (Å²) < 4.78 is 2.13. The van der Waals surface area contributed by atoms with Gasteiger partial charge in [-0.1, -0.05) is 12.1 Å². The van der Waals surface area contributed by atoms with E-state index >= 15 is 0 Å². The maximum Gasteiger partial charge on any atom is 0.159 e. The first-order chi connectivity index (χ1) is 8.75. The molecule has 0 aliphatic heterocycles. The molecule has 0 bridgehead atoms. The van der Waals surface area contributed by atoms with Crippen molar-refractivity contribution in [3.8, 4) is 5.69 Å². The minimum absolute atomic E-state index is 0.103. The zero-order valence-corrected chi connectivity index (χ0v) is 10.5. The summed E-state index contributed by atoms with van der Waals surface area (Å²) >= 11 is 0. The van der Waals surface area contributed by atoms with Crippen LogP contribution in [0.4, 0.5) is 0 Å². The average molecular weight is 240 g/mol. The number of nitrogens with zero attached hydrogens (tertiary/aromatic N) is 2. The highest BCUT2D eigenvalue weighted by Crippen LogP contribution is 2.23. The molecule has 0 fully saturated rings. The topological polar surface area (TPSA) is 34.9 Å². The van der Waals surface area contributed by atoms with E-state index in [-0.39, 0.29) is 5.78 Å². The standard InChI is InChI=1S/C15H16N2O/c1-11(18)12-5-4-6-13(9-12)17-10-16-14-7-2-3-8-15(14)17/h4-6,9-10H,2-3,7-8H2,1H3. The van der Waals surface area contributed by atoms with Crippen LogP contribution in [0.2, 0.25) is 0 Å². The van der Waals surface area contributed by atoms with Gasteiger partial charge in [-0.15, -0.1) is 0 Å². The van der Waals surface area contributed by atoms with Crippen LogP contribution >= 0.6 is 0 Å². The predicted molar refractivity (Wildman–Crippen MR) is 70.2 cm³/mol. The number of Topliss-reactive ketones (excluding diaryl/α,β-unsaturated/α-hetero) is 1. The van der Waals surface area contributed by atoms with Crippen LogP contribution < -0.4 is 0 Å². The Balaban J connectivity index is 2.07. The summed E-state index contributed by atoms with van der Waals surface area (Å²) in [6.07, 6.45) is 6.51. The Kier molecular flexibility index (Phi) is 2.74. The van der Waals surface area contributed by atoms with Crippen LogP contribution in [0.5, 0.6) is 0 Å². The molecule has 3 nitrogen and oxygen atoms in total. The van der Waals surface area contributed by atoms with Crippen molar-refractivity contribution in [3.63, 3.8) is 0 Å². The number of aryl methyl sites for hydroxylation is 1. The van der Waals surface area contributed by atoms with Gasteiger partial charge in [0.1, 0.15) is 0 Å². The minimum atomic E-state index is 0.103. The van der Waals surface area contributed by atoms with Crippen LogP contribution in [-0.4, -0.2) is 15.3 Å². The van der Waals surface area contributed by atoms with Gasteiger partial charge in [-0.05, 0) is 44.7 Å². The summed E-state index contributed by atoms with van der Waals surface area (Å²) in [5.74, 6) is 0.103. The summed E-state index contributed by atoms with van der Waals surface area (Å²) in [6, 6.07) is 7.76. The van der Waals surface area contributed by atoms with Crippen LogP contribution in [0.1, 0.15) is 41.5 Å². The second kappa shape index (κ2) is 4.41. The summed E-state index contributed by atoms with van der Waals surface area (Å²) in [6.45, 7) is 1.60. The molecule has 2 aromatic rings. The number of fused-ring (bicyclic) bond motifs is 1. The fourth-order valence-corrected chi connectivity index (χ4v) is 2.57. The first-order valence-electron chi connectivity index (χ1n) is 6.42. The van der Waals surface area contributed by atoms with Gasteiger partial charge in [0.2, 0.25) is 0 Å².